The Morgan fingerprint density at radius 3 is 2.51 bits per heavy atom. The number of hydrogen-bond donors (Lipinski definition) is 1. The number of benzene rings is 2. The third-order valence-corrected chi connectivity index (χ3v) is 5.32. The molecule has 1 aliphatic rings. The Labute approximate surface area is 194 Å². The lowest BCUT2D eigenvalue weighted by Gasteiger charge is -2.10. The first-order valence-electron chi connectivity index (χ1n) is 10.2. The molecular weight excluding hydrogens is 476 g/mol. The number of anilines is 1. The molecule has 0 saturated carbocycles. The molecule has 9 nitrogen and oxygen atoms in total. The van der Waals surface area contributed by atoms with Gasteiger partial charge >= 0.3 is 12.1 Å². The van der Waals surface area contributed by atoms with E-state index in [4.69, 9.17) is 4.74 Å². The molecule has 35 heavy (non-hydrogen) atoms. The van der Waals surface area contributed by atoms with Crippen LogP contribution in [0.1, 0.15) is 33.7 Å². The number of nitrogens with one attached hydrogen (secondary N) is 1. The van der Waals surface area contributed by atoms with Gasteiger partial charge in [0.2, 0.25) is 0 Å². The number of rotatable bonds is 6. The van der Waals surface area contributed by atoms with E-state index in [0.717, 1.165) is 18.2 Å². The minimum atomic E-state index is -4.81. The maximum atomic E-state index is 13.3. The van der Waals surface area contributed by atoms with E-state index in [0.29, 0.717) is 36.2 Å². The molecule has 1 amide bonds. The molecule has 1 heterocycles. The van der Waals surface area contributed by atoms with Gasteiger partial charge in [0.05, 0.1) is 16.2 Å². The largest absolute Gasteiger partial charge is 0.451 e. The fourth-order valence-electron chi connectivity index (χ4n) is 3.75. The number of aromatic nitrogens is 2. The Morgan fingerprint density at radius 1 is 1.14 bits per heavy atom. The monoisotopic (exact) mass is 492 g/mol. The zero-order valence-electron chi connectivity index (χ0n) is 17.8. The first-order valence-corrected chi connectivity index (χ1v) is 10.2. The summed E-state index contributed by atoms with van der Waals surface area (Å²) in [5.41, 5.74) is -0.780. The molecule has 182 valence electrons. The molecule has 2 aromatic carbocycles. The molecule has 1 aromatic heterocycles. The molecule has 0 spiro atoms. The summed E-state index contributed by atoms with van der Waals surface area (Å²) in [4.78, 5) is 34.9. The Hall–Kier alpha value is -4.29. The van der Waals surface area contributed by atoms with E-state index in [2.05, 4.69) is 10.4 Å². The van der Waals surface area contributed by atoms with Crippen LogP contribution in [-0.4, -0.2) is 33.2 Å². The van der Waals surface area contributed by atoms with E-state index in [-0.39, 0.29) is 5.69 Å². The number of carbonyl (C=O) groups excluding carboxylic acids is 2. The summed E-state index contributed by atoms with van der Waals surface area (Å²) >= 11 is 0. The van der Waals surface area contributed by atoms with Crippen molar-refractivity contribution in [2.24, 2.45) is 0 Å². The van der Waals surface area contributed by atoms with Gasteiger partial charge in [0.1, 0.15) is 11.5 Å². The van der Waals surface area contributed by atoms with Crippen molar-refractivity contribution >= 4 is 23.3 Å². The van der Waals surface area contributed by atoms with Crippen LogP contribution in [0.5, 0.6) is 0 Å². The number of nitro benzene ring substituents is 1. The van der Waals surface area contributed by atoms with Gasteiger partial charge in [-0.2, -0.15) is 18.3 Å². The summed E-state index contributed by atoms with van der Waals surface area (Å²) in [6, 6.07) is 7.13. The minimum absolute atomic E-state index is 0.0184. The molecule has 0 bridgehead atoms. The predicted octanol–water partition coefficient (Wildman–Crippen LogP) is 4.22. The third-order valence-electron chi connectivity index (χ3n) is 5.32. The SMILES string of the molecule is O=C(COC(=O)c1nn(-c2ccc(F)cc2)c2c1CCC2)Nc1ccc(C(F)(F)F)cc1[N+](=O)[O-]. The zero-order valence-corrected chi connectivity index (χ0v) is 17.8. The van der Waals surface area contributed by atoms with Gasteiger partial charge in [-0.25, -0.2) is 13.9 Å². The van der Waals surface area contributed by atoms with Crippen LogP contribution in [0.25, 0.3) is 5.69 Å². The van der Waals surface area contributed by atoms with Gasteiger partial charge < -0.3 is 10.1 Å². The zero-order chi connectivity index (χ0) is 25.3. The van der Waals surface area contributed by atoms with Crippen LogP contribution in [0.2, 0.25) is 0 Å². The number of nitrogens with zero attached hydrogens (tertiary/aromatic N) is 3. The van der Waals surface area contributed by atoms with Gasteiger partial charge in [0.25, 0.3) is 11.6 Å². The molecule has 1 N–H and O–H groups in total. The number of alkyl halides is 3. The van der Waals surface area contributed by atoms with Crippen molar-refractivity contribution in [2.75, 3.05) is 11.9 Å². The number of esters is 1. The highest BCUT2D eigenvalue weighted by Gasteiger charge is 2.33. The van der Waals surface area contributed by atoms with Gasteiger partial charge in [-0.3, -0.25) is 14.9 Å². The highest BCUT2D eigenvalue weighted by molar-refractivity contribution is 5.97. The summed E-state index contributed by atoms with van der Waals surface area (Å²) in [5, 5.41) is 17.5. The average Bonchev–Trinajstić information content (AvgIpc) is 3.40. The molecule has 0 saturated heterocycles. The summed E-state index contributed by atoms with van der Waals surface area (Å²) in [6.45, 7) is -0.852. The first kappa shape index (κ1) is 23.9. The number of halogens is 4. The lowest BCUT2D eigenvalue weighted by atomic mass is 10.1. The standard InChI is InChI=1S/C22H16F4N4O5/c23-13-5-7-14(8-6-13)29-17-3-1-2-15(17)20(28-29)21(32)35-11-19(31)27-16-9-4-12(22(24,25)26)10-18(16)30(33)34/h4-10H,1-3,11H2,(H,27,31). The Bertz CT molecular complexity index is 1320. The van der Waals surface area contributed by atoms with Crippen molar-refractivity contribution in [1.29, 1.82) is 0 Å². The number of ether oxygens (including phenoxy) is 1. The van der Waals surface area contributed by atoms with Crippen molar-refractivity contribution in [3.05, 3.63) is 80.9 Å². The molecule has 13 heteroatoms. The lowest BCUT2D eigenvalue weighted by Crippen LogP contribution is -2.22. The molecule has 1 aliphatic carbocycles. The lowest BCUT2D eigenvalue weighted by molar-refractivity contribution is -0.384. The Balaban J connectivity index is 1.47. The fourth-order valence-corrected chi connectivity index (χ4v) is 3.75. The molecule has 3 aromatic rings. The summed E-state index contributed by atoms with van der Waals surface area (Å²) < 4.78 is 58.2. The summed E-state index contributed by atoms with van der Waals surface area (Å²) in [7, 11) is 0. The number of amides is 1. The normalized spacial score (nSPS) is 12.8. The second kappa shape index (κ2) is 9.16. The average molecular weight is 492 g/mol. The predicted molar refractivity (Wildman–Crippen MR) is 113 cm³/mol. The van der Waals surface area contributed by atoms with Crippen LogP contribution in [-0.2, 0) is 28.5 Å². The molecule has 0 fully saturated rings. The summed E-state index contributed by atoms with van der Waals surface area (Å²) in [6.07, 6.45) is -2.87. The quantitative estimate of drug-likeness (QED) is 0.238. The number of hydrogen-bond acceptors (Lipinski definition) is 6. The van der Waals surface area contributed by atoms with Crippen LogP contribution in [0.3, 0.4) is 0 Å². The van der Waals surface area contributed by atoms with Crippen LogP contribution in [0, 0.1) is 15.9 Å². The third kappa shape index (κ3) is 4.98. The van der Waals surface area contributed by atoms with Crippen LogP contribution < -0.4 is 5.32 Å². The number of nitro groups is 1. The van der Waals surface area contributed by atoms with Gasteiger partial charge in [-0.1, -0.05) is 0 Å². The van der Waals surface area contributed by atoms with E-state index in [1.54, 1.807) is 0 Å². The van der Waals surface area contributed by atoms with E-state index in [1.807, 2.05) is 0 Å². The molecular formula is C22H16F4N4O5. The van der Waals surface area contributed by atoms with Gasteiger partial charge in [0, 0.05) is 17.3 Å². The highest BCUT2D eigenvalue weighted by atomic mass is 19.4. The molecule has 0 unspecified atom stereocenters. The van der Waals surface area contributed by atoms with E-state index in [9.17, 15) is 37.3 Å². The minimum Gasteiger partial charge on any atom is -0.451 e. The highest BCUT2D eigenvalue weighted by Crippen LogP contribution is 2.35. The van der Waals surface area contributed by atoms with Crippen molar-refractivity contribution < 1.29 is 36.8 Å². The van der Waals surface area contributed by atoms with E-state index in [1.165, 1.54) is 28.9 Å². The van der Waals surface area contributed by atoms with E-state index >= 15 is 0 Å². The second-order valence-corrected chi connectivity index (χ2v) is 7.63. The first-order chi connectivity index (χ1) is 16.5. The second-order valence-electron chi connectivity index (χ2n) is 7.63. The van der Waals surface area contributed by atoms with Crippen LogP contribution in [0.15, 0.2) is 42.5 Å². The molecule has 0 aliphatic heterocycles. The van der Waals surface area contributed by atoms with Crippen LogP contribution in [0.4, 0.5) is 28.9 Å². The molecule has 0 radical (unpaired) electrons. The van der Waals surface area contributed by atoms with Crippen molar-refractivity contribution in [3.63, 3.8) is 0 Å². The van der Waals surface area contributed by atoms with Gasteiger partial charge in [-0.15, -0.1) is 0 Å². The van der Waals surface area contributed by atoms with Gasteiger partial charge in [-0.05, 0) is 55.7 Å². The maximum Gasteiger partial charge on any atom is 0.416 e. The Kier molecular flexibility index (Phi) is 6.24. The van der Waals surface area contributed by atoms with Crippen LogP contribution >= 0.6 is 0 Å². The molecule has 4 rings (SSSR count). The van der Waals surface area contributed by atoms with Gasteiger partial charge in [0.15, 0.2) is 12.3 Å². The fraction of sp³-hybridized carbons (Fsp3) is 0.227. The Morgan fingerprint density at radius 2 is 1.86 bits per heavy atom. The number of fused-ring (bicyclic) bond motifs is 1. The van der Waals surface area contributed by atoms with Crippen molar-refractivity contribution in [1.82, 2.24) is 9.78 Å². The summed E-state index contributed by atoms with van der Waals surface area (Å²) in [5.74, 6) is -2.34. The van der Waals surface area contributed by atoms with Crippen molar-refractivity contribution in [3.8, 4) is 5.69 Å². The number of carbonyl (C=O) groups is 2. The smallest absolute Gasteiger partial charge is 0.416 e. The maximum absolute atomic E-state index is 13.3. The molecule has 0 atom stereocenters. The topological polar surface area (TPSA) is 116 Å². The van der Waals surface area contributed by atoms with Crippen molar-refractivity contribution in [2.45, 2.75) is 25.4 Å². The van der Waals surface area contributed by atoms with E-state index < -0.39 is 52.3 Å².